The Labute approximate surface area is 309 Å². The summed E-state index contributed by atoms with van der Waals surface area (Å²) in [4.78, 5) is 19.8. The van der Waals surface area contributed by atoms with Crippen LogP contribution in [0.4, 0.5) is 0 Å². The first kappa shape index (κ1) is 37.4. The maximum absolute atomic E-state index is 11.6. The molecule has 0 spiro atoms. The van der Waals surface area contributed by atoms with E-state index in [1.165, 1.54) is 11.1 Å². The fourth-order valence-electron chi connectivity index (χ4n) is 8.02. The molecule has 284 valence electrons. The van der Waals surface area contributed by atoms with Crippen LogP contribution in [0.1, 0.15) is 59.1 Å². The van der Waals surface area contributed by atoms with Crippen LogP contribution in [0.25, 0.3) is 0 Å². The molecule has 0 bridgehead atoms. The first-order valence-electron chi connectivity index (χ1n) is 19.5. The zero-order valence-electron chi connectivity index (χ0n) is 30.8. The van der Waals surface area contributed by atoms with Gasteiger partial charge in [0.25, 0.3) is 0 Å². The first-order valence-corrected chi connectivity index (χ1v) is 19.5. The SMILES string of the molecule is Oc1c(/C=N/C2CCCCC2/N=C/c2cc(CN3CCOCC3)cc(CN3CCOCC3)c2O)cc(CN2CCOCC2)cc1CN1CCOCC1. The molecule has 4 heterocycles. The Morgan fingerprint density at radius 2 is 0.827 bits per heavy atom. The van der Waals surface area contributed by atoms with Crippen LogP contribution in [-0.4, -0.2) is 160 Å². The summed E-state index contributed by atoms with van der Waals surface area (Å²) in [6.45, 7) is 16.0. The molecule has 7 rings (SSSR count). The smallest absolute Gasteiger partial charge is 0.128 e. The van der Waals surface area contributed by atoms with Crippen LogP contribution >= 0.6 is 0 Å². The molecule has 0 radical (unpaired) electrons. The summed E-state index contributed by atoms with van der Waals surface area (Å²) in [6.07, 6.45) is 7.87. The molecule has 5 fully saturated rings. The van der Waals surface area contributed by atoms with Gasteiger partial charge in [0.2, 0.25) is 0 Å². The number of hydrogen-bond acceptors (Lipinski definition) is 12. The van der Waals surface area contributed by atoms with E-state index in [0.29, 0.717) is 24.6 Å². The van der Waals surface area contributed by atoms with Crippen molar-refractivity contribution < 1.29 is 29.2 Å². The fraction of sp³-hybridized carbons (Fsp3) is 0.650. The summed E-state index contributed by atoms with van der Waals surface area (Å²) in [5.74, 6) is 0.623. The van der Waals surface area contributed by atoms with E-state index < -0.39 is 0 Å². The molecule has 12 heteroatoms. The molecule has 52 heavy (non-hydrogen) atoms. The van der Waals surface area contributed by atoms with E-state index in [4.69, 9.17) is 28.9 Å². The Kier molecular flexibility index (Phi) is 13.6. The molecule has 2 unspecified atom stereocenters. The average molecular weight is 719 g/mol. The lowest BCUT2D eigenvalue weighted by atomic mass is 9.91. The Hall–Kier alpha value is -2.94. The minimum Gasteiger partial charge on any atom is -0.507 e. The van der Waals surface area contributed by atoms with Crippen LogP contribution in [0.3, 0.4) is 0 Å². The predicted molar refractivity (Wildman–Crippen MR) is 202 cm³/mol. The lowest BCUT2D eigenvalue weighted by Gasteiger charge is -2.29. The molecule has 2 atom stereocenters. The third kappa shape index (κ3) is 10.4. The lowest BCUT2D eigenvalue weighted by molar-refractivity contribution is 0.0330. The molecule has 2 aromatic rings. The Morgan fingerprint density at radius 3 is 1.17 bits per heavy atom. The third-order valence-corrected chi connectivity index (χ3v) is 11.1. The molecule has 0 amide bonds. The number of phenolic OH excluding ortho intramolecular Hbond substituents is 2. The van der Waals surface area contributed by atoms with Gasteiger partial charge in [-0.15, -0.1) is 0 Å². The molecule has 2 aromatic carbocycles. The number of aromatic hydroxyl groups is 2. The minimum atomic E-state index is 0.00138. The van der Waals surface area contributed by atoms with E-state index in [-0.39, 0.29) is 12.1 Å². The summed E-state index contributed by atoms with van der Waals surface area (Å²) in [5.41, 5.74) is 5.78. The van der Waals surface area contributed by atoms with Crippen molar-refractivity contribution in [2.45, 2.75) is 63.9 Å². The van der Waals surface area contributed by atoms with E-state index in [1.807, 2.05) is 12.4 Å². The van der Waals surface area contributed by atoms with E-state index >= 15 is 0 Å². The summed E-state index contributed by atoms with van der Waals surface area (Å²) >= 11 is 0. The largest absolute Gasteiger partial charge is 0.507 e. The van der Waals surface area contributed by atoms with Gasteiger partial charge in [-0.25, -0.2) is 0 Å². The zero-order valence-corrected chi connectivity index (χ0v) is 30.8. The highest BCUT2D eigenvalue weighted by Crippen LogP contribution is 2.30. The van der Waals surface area contributed by atoms with Crippen molar-refractivity contribution >= 4 is 12.4 Å². The maximum atomic E-state index is 11.6. The molecule has 1 aliphatic carbocycles. The summed E-state index contributed by atoms with van der Waals surface area (Å²) in [6, 6.07) is 8.54. The van der Waals surface area contributed by atoms with Gasteiger partial charge in [0.1, 0.15) is 11.5 Å². The molecule has 4 saturated heterocycles. The van der Waals surface area contributed by atoms with Crippen LogP contribution in [0.15, 0.2) is 34.3 Å². The van der Waals surface area contributed by atoms with Crippen molar-refractivity contribution in [3.05, 3.63) is 57.6 Å². The molecule has 4 aliphatic heterocycles. The Balaban J connectivity index is 1.11. The molecular weight excluding hydrogens is 660 g/mol. The molecule has 0 aromatic heterocycles. The molecular formula is C40H58N6O6. The highest BCUT2D eigenvalue weighted by Gasteiger charge is 2.25. The second kappa shape index (κ2) is 18.9. The second-order valence-electron chi connectivity index (χ2n) is 14.9. The van der Waals surface area contributed by atoms with Gasteiger partial charge in [0, 0.05) is 113 Å². The number of nitrogens with zero attached hydrogens (tertiary/aromatic N) is 6. The molecule has 2 N–H and O–H groups in total. The number of aliphatic imine (C=N–C) groups is 2. The van der Waals surface area contributed by atoms with Crippen LogP contribution in [0.2, 0.25) is 0 Å². The lowest BCUT2D eigenvalue weighted by Crippen LogP contribution is -2.36. The third-order valence-electron chi connectivity index (χ3n) is 11.1. The van der Waals surface area contributed by atoms with Crippen molar-refractivity contribution in [2.75, 3.05) is 105 Å². The highest BCUT2D eigenvalue weighted by molar-refractivity contribution is 5.85. The van der Waals surface area contributed by atoms with Crippen molar-refractivity contribution in [3.8, 4) is 11.5 Å². The maximum Gasteiger partial charge on any atom is 0.128 e. The van der Waals surface area contributed by atoms with Crippen LogP contribution in [-0.2, 0) is 45.1 Å². The number of ether oxygens (including phenoxy) is 4. The van der Waals surface area contributed by atoms with Gasteiger partial charge in [-0.3, -0.25) is 29.6 Å². The minimum absolute atomic E-state index is 0.00138. The van der Waals surface area contributed by atoms with Gasteiger partial charge in [-0.05, 0) is 48.2 Å². The van der Waals surface area contributed by atoms with Gasteiger partial charge in [-0.2, -0.15) is 0 Å². The molecule has 12 nitrogen and oxygen atoms in total. The van der Waals surface area contributed by atoms with E-state index in [0.717, 1.165) is 166 Å². The Morgan fingerprint density at radius 1 is 0.500 bits per heavy atom. The average Bonchev–Trinajstić information content (AvgIpc) is 3.18. The monoisotopic (exact) mass is 718 g/mol. The number of benzene rings is 2. The molecule has 5 aliphatic rings. The number of morpholine rings is 4. The van der Waals surface area contributed by atoms with Gasteiger partial charge in [0.15, 0.2) is 0 Å². The summed E-state index contributed by atoms with van der Waals surface area (Å²) < 4.78 is 22.3. The summed E-state index contributed by atoms with van der Waals surface area (Å²) in [5, 5.41) is 23.1. The zero-order chi connectivity index (χ0) is 35.5. The summed E-state index contributed by atoms with van der Waals surface area (Å²) in [7, 11) is 0. The van der Waals surface area contributed by atoms with Crippen molar-refractivity contribution in [1.29, 1.82) is 0 Å². The van der Waals surface area contributed by atoms with E-state index in [1.54, 1.807) is 0 Å². The number of rotatable bonds is 12. The Bertz CT molecular complexity index is 1390. The van der Waals surface area contributed by atoms with E-state index in [9.17, 15) is 10.2 Å². The van der Waals surface area contributed by atoms with Gasteiger partial charge < -0.3 is 29.2 Å². The quantitative estimate of drug-likeness (QED) is 0.317. The molecule has 1 saturated carbocycles. The second-order valence-corrected chi connectivity index (χ2v) is 14.9. The first-order chi connectivity index (χ1) is 25.6. The normalized spacial score (nSPS) is 25.0. The van der Waals surface area contributed by atoms with Crippen molar-refractivity contribution in [2.24, 2.45) is 9.98 Å². The topological polar surface area (TPSA) is 115 Å². The number of hydrogen-bond donors (Lipinski definition) is 2. The number of phenols is 2. The standard InChI is InChI=1S/C40H58N6O6/c47-39-33(21-31(27-43-5-13-49-14-6-43)23-35(39)29-45-9-17-51-18-10-45)25-41-37-3-1-2-4-38(37)42-26-34-22-32(28-44-7-15-50-16-8-44)24-36(40(34)48)30-46-11-19-52-20-12-46/h21-26,37-38,47-48H,1-20,27-30H2/b41-25+,42-26+. The van der Waals surface area contributed by atoms with Crippen LogP contribution in [0.5, 0.6) is 11.5 Å². The van der Waals surface area contributed by atoms with Gasteiger partial charge in [-0.1, -0.05) is 12.8 Å². The predicted octanol–water partition coefficient (Wildman–Crippen LogP) is 3.28. The van der Waals surface area contributed by atoms with Crippen LogP contribution in [0, 0.1) is 0 Å². The highest BCUT2D eigenvalue weighted by atomic mass is 16.5. The van der Waals surface area contributed by atoms with Crippen LogP contribution < -0.4 is 0 Å². The van der Waals surface area contributed by atoms with Gasteiger partial charge >= 0.3 is 0 Å². The van der Waals surface area contributed by atoms with E-state index in [2.05, 4.69) is 43.9 Å². The van der Waals surface area contributed by atoms with Gasteiger partial charge in [0.05, 0.1) is 64.9 Å². The van der Waals surface area contributed by atoms with Crippen molar-refractivity contribution in [1.82, 2.24) is 19.6 Å². The fourth-order valence-corrected chi connectivity index (χ4v) is 8.02. The van der Waals surface area contributed by atoms with Crippen molar-refractivity contribution in [3.63, 3.8) is 0 Å².